The van der Waals surface area contributed by atoms with Crippen LogP contribution in [0, 0.1) is 5.92 Å². The summed E-state index contributed by atoms with van der Waals surface area (Å²) in [4.78, 5) is 25.0. The number of nitrogens with zero attached hydrogens (tertiary/aromatic N) is 1. The summed E-state index contributed by atoms with van der Waals surface area (Å²) in [6, 6.07) is 19.4. The Labute approximate surface area is 172 Å². The Hall–Kier alpha value is -3.08. The minimum absolute atomic E-state index is 0.0168. The van der Waals surface area contributed by atoms with Crippen LogP contribution in [0.5, 0.6) is 0 Å². The van der Waals surface area contributed by atoms with Gasteiger partial charge in [0.1, 0.15) is 6.04 Å². The molecule has 5 nitrogen and oxygen atoms in total. The van der Waals surface area contributed by atoms with Crippen LogP contribution in [0.2, 0.25) is 0 Å². The Balaban J connectivity index is 1.47. The first-order chi connectivity index (χ1) is 14.0. The van der Waals surface area contributed by atoms with Crippen LogP contribution in [0.25, 0.3) is 10.9 Å². The number of benzene rings is 2. The maximum atomic E-state index is 12.6. The molecule has 0 saturated carbocycles. The summed E-state index contributed by atoms with van der Waals surface area (Å²) in [5.74, 6) is -0.245. The molecule has 0 aliphatic heterocycles. The van der Waals surface area contributed by atoms with Crippen molar-refractivity contribution in [1.82, 2.24) is 15.2 Å². The zero-order valence-corrected chi connectivity index (χ0v) is 17.1. The van der Waals surface area contributed by atoms with Gasteiger partial charge < -0.3 is 15.2 Å². The first-order valence-electron chi connectivity index (χ1n) is 10.2. The third-order valence-electron chi connectivity index (χ3n) is 5.03. The van der Waals surface area contributed by atoms with Crippen molar-refractivity contribution in [1.29, 1.82) is 0 Å². The molecule has 2 aromatic carbocycles. The zero-order valence-electron chi connectivity index (χ0n) is 17.1. The van der Waals surface area contributed by atoms with Crippen molar-refractivity contribution in [3.05, 3.63) is 72.4 Å². The van der Waals surface area contributed by atoms with Gasteiger partial charge in [-0.15, -0.1) is 0 Å². The Kier molecular flexibility index (Phi) is 7.06. The zero-order chi connectivity index (χ0) is 20.6. The van der Waals surface area contributed by atoms with Gasteiger partial charge in [-0.1, -0.05) is 62.4 Å². The van der Waals surface area contributed by atoms with Gasteiger partial charge >= 0.3 is 0 Å². The van der Waals surface area contributed by atoms with E-state index in [0.717, 1.165) is 18.5 Å². The topological polar surface area (TPSA) is 63.1 Å². The number of hydrogen-bond donors (Lipinski definition) is 2. The van der Waals surface area contributed by atoms with E-state index < -0.39 is 6.04 Å². The third kappa shape index (κ3) is 5.70. The summed E-state index contributed by atoms with van der Waals surface area (Å²) in [7, 11) is 0. The molecule has 0 aliphatic rings. The van der Waals surface area contributed by atoms with Crippen LogP contribution in [-0.2, 0) is 22.6 Å². The smallest absolute Gasteiger partial charge is 0.242 e. The standard InChI is InChI=1S/C24H29N3O2/c1-18(2)23(26-22(28)17-19-9-4-3-5-10-19)24(29)25-14-8-15-27-16-13-20-11-6-7-12-21(20)27/h3-7,9-13,16,18,23H,8,14-15,17H2,1-2H3,(H,25,29)(H,26,28). The van der Waals surface area contributed by atoms with E-state index in [1.807, 2.05) is 56.3 Å². The summed E-state index contributed by atoms with van der Waals surface area (Å²) in [6.07, 6.45) is 3.18. The Morgan fingerprint density at radius 2 is 1.69 bits per heavy atom. The highest BCUT2D eigenvalue weighted by Crippen LogP contribution is 2.15. The maximum Gasteiger partial charge on any atom is 0.242 e. The molecule has 0 radical (unpaired) electrons. The lowest BCUT2D eigenvalue weighted by atomic mass is 10.0. The number of nitrogens with one attached hydrogen (secondary N) is 2. The van der Waals surface area contributed by atoms with Crippen molar-refractivity contribution in [2.75, 3.05) is 6.54 Å². The number of para-hydroxylation sites is 1. The van der Waals surface area contributed by atoms with Crippen LogP contribution in [0.4, 0.5) is 0 Å². The van der Waals surface area contributed by atoms with Crippen molar-refractivity contribution in [3.63, 3.8) is 0 Å². The average molecular weight is 392 g/mol. The number of aryl methyl sites for hydroxylation is 1. The number of carbonyl (C=O) groups is 2. The van der Waals surface area contributed by atoms with Crippen LogP contribution in [-0.4, -0.2) is 29.0 Å². The molecule has 0 saturated heterocycles. The SMILES string of the molecule is CC(C)C(NC(=O)Cc1ccccc1)C(=O)NCCCn1ccc2ccccc21. The van der Waals surface area contributed by atoms with E-state index in [1.54, 1.807) is 0 Å². The molecule has 2 N–H and O–H groups in total. The quantitative estimate of drug-likeness (QED) is 0.548. The van der Waals surface area contributed by atoms with Gasteiger partial charge in [-0.2, -0.15) is 0 Å². The third-order valence-corrected chi connectivity index (χ3v) is 5.03. The lowest BCUT2D eigenvalue weighted by Crippen LogP contribution is -2.50. The molecule has 1 aromatic heterocycles. The van der Waals surface area contributed by atoms with Crippen LogP contribution in [0.15, 0.2) is 66.9 Å². The van der Waals surface area contributed by atoms with Crippen LogP contribution in [0.3, 0.4) is 0 Å². The maximum absolute atomic E-state index is 12.6. The molecule has 0 aliphatic carbocycles. The monoisotopic (exact) mass is 391 g/mol. The highest BCUT2D eigenvalue weighted by atomic mass is 16.2. The molecule has 1 atom stereocenters. The van der Waals surface area contributed by atoms with Crippen molar-refractivity contribution in [2.45, 2.75) is 39.3 Å². The minimum atomic E-state index is -0.529. The molecule has 5 heteroatoms. The van der Waals surface area contributed by atoms with E-state index in [4.69, 9.17) is 0 Å². The van der Waals surface area contributed by atoms with Gasteiger partial charge in [0, 0.05) is 24.8 Å². The van der Waals surface area contributed by atoms with E-state index >= 15 is 0 Å². The van der Waals surface area contributed by atoms with Crippen LogP contribution < -0.4 is 10.6 Å². The highest BCUT2D eigenvalue weighted by Gasteiger charge is 2.23. The van der Waals surface area contributed by atoms with E-state index in [2.05, 4.69) is 39.6 Å². The minimum Gasteiger partial charge on any atom is -0.354 e. The summed E-state index contributed by atoms with van der Waals surface area (Å²) in [6.45, 7) is 5.29. The molecule has 29 heavy (non-hydrogen) atoms. The predicted octanol–water partition coefficient (Wildman–Crippen LogP) is 3.53. The summed E-state index contributed by atoms with van der Waals surface area (Å²) in [5, 5.41) is 7.08. The Bertz CT molecular complexity index is 947. The van der Waals surface area contributed by atoms with E-state index in [-0.39, 0.29) is 24.2 Å². The molecule has 2 amide bonds. The molecule has 3 rings (SSSR count). The Morgan fingerprint density at radius 1 is 0.966 bits per heavy atom. The molecule has 152 valence electrons. The summed E-state index contributed by atoms with van der Waals surface area (Å²) >= 11 is 0. The summed E-state index contributed by atoms with van der Waals surface area (Å²) < 4.78 is 2.20. The van der Waals surface area contributed by atoms with Crippen LogP contribution in [0.1, 0.15) is 25.8 Å². The van der Waals surface area contributed by atoms with Crippen molar-refractivity contribution in [3.8, 4) is 0 Å². The molecule has 1 unspecified atom stereocenters. The second kappa shape index (κ2) is 9.92. The summed E-state index contributed by atoms with van der Waals surface area (Å²) in [5.41, 5.74) is 2.14. The van der Waals surface area contributed by atoms with Gasteiger partial charge in [0.15, 0.2) is 0 Å². The first-order valence-corrected chi connectivity index (χ1v) is 10.2. The van der Waals surface area contributed by atoms with Gasteiger partial charge in [0.05, 0.1) is 6.42 Å². The van der Waals surface area contributed by atoms with Crippen molar-refractivity contribution < 1.29 is 9.59 Å². The second-order valence-corrected chi connectivity index (χ2v) is 7.66. The van der Waals surface area contributed by atoms with Gasteiger partial charge in [-0.05, 0) is 35.4 Å². The van der Waals surface area contributed by atoms with E-state index in [1.165, 1.54) is 10.9 Å². The fourth-order valence-corrected chi connectivity index (χ4v) is 3.45. The van der Waals surface area contributed by atoms with Gasteiger partial charge in [-0.25, -0.2) is 0 Å². The molecule has 1 heterocycles. The molecular formula is C24H29N3O2. The first kappa shape index (κ1) is 20.6. The molecule has 3 aromatic rings. The average Bonchev–Trinajstić information content (AvgIpc) is 3.13. The lowest BCUT2D eigenvalue weighted by Gasteiger charge is -2.22. The normalized spacial score (nSPS) is 12.1. The molecular weight excluding hydrogens is 362 g/mol. The number of rotatable bonds is 9. The lowest BCUT2D eigenvalue weighted by molar-refractivity contribution is -0.129. The van der Waals surface area contributed by atoms with E-state index in [0.29, 0.717) is 6.54 Å². The van der Waals surface area contributed by atoms with Gasteiger partial charge in [0.25, 0.3) is 0 Å². The number of amides is 2. The largest absolute Gasteiger partial charge is 0.354 e. The van der Waals surface area contributed by atoms with Gasteiger partial charge in [0.2, 0.25) is 11.8 Å². The van der Waals surface area contributed by atoms with E-state index in [9.17, 15) is 9.59 Å². The fraction of sp³-hybridized carbons (Fsp3) is 0.333. The van der Waals surface area contributed by atoms with Crippen molar-refractivity contribution in [2.24, 2.45) is 5.92 Å². The molecule has 0 spiro atoms. The molecule has 0 fully saturated rings. The van der Waals surface area contributed by atoms with Gasteiger partial charge in [-0.3, -0.25) is 9.59 Å². The van der Waals surface area contributed by atoms with Crippen LogP contribution >= 0.6 is 0 Å². The number of aromatic nitrogens is 1. The van der Waals surface area contributed by atoms with Crippen molar-refractivity contribution >= 4 is 22.7 Å². The Morgan fingerprint density at radius 3 is 2.45 bits per heavy atom. The molecule has 0 bridgehead atoms. The fourth-order valence-electron chi connectivity index (χ4n) is 3.45. The number of fused-ring (bicyclic) bond motifs is 1. The highest BCUT2D eigenvalue weighted by molar-refractivity contribution is 5.88. The number of carbonyl (C=O) groups excluding carboxylic acids is 2. The predicted molar refractivity (Wildman–Crippen MR) is 116 cm³/mol. The second-order valence-electron chi connectivity index (χ2n) is 7.66. The number of hydrogen-bond acceptors (Lipinski definition) is 2.